The fourth-order valence-electron chi connectivity index (χ4n) is 2.07. The van der Waals surface area contributed by atoms with Gasteiger partial charge in [0.1, 0.15) is 0 Å². The number of hydrogen-bond donors (Lipinski definition) is 1. The van der Waals surface area contributed by atoms with Crippen molar-refractivity contribution in [1.29, 1.82) is 0 Å². The van der Waals surface area contributed by atoms with Crippen molar-refractivity contribution in [1.82, 2.24) is 0 Å². The first-order valence-electron chi connectivity index (χ1n) is 7.93. The lowest BCUT2D eigenvalue weighted by Crippen LogP contribution is -2.21. The summed E-state index contributed by atoms with van der Waals surface area (Å²) >= 11 is 0. The van der Waals surface area contributed by atoms with E-state index < -0.39 is 12.1 Å². The van der Waals surface area contributed by atoms with Gasteiger partial charge in [-0.2, -0.15) is 0 Å². The molecular weight excluding hydrogens is 252 g/mol. The normalized spacial score (nSPS) is 11.7. The number of unbranched alkanes of at least 4 members (excludes halogenated alkanes) is 8. The molecule has 3 nitrogen and oxygen atoms in total. The molecule has 0 aromatic rings. The molecule has 0 heterocycles. The highest BCUT2D eigenvalue weighted by atomic mass is 16.5. The molecular formula is C17H30O3. The maximum atomic E-state index is 10.7. The standard InChI is InChI=1S/C17H30O3/c1-3-4-5-6-7-8-9-10-11-12-13-14-15-16(20-2)17(18)19/h16H,3-10,13-15H2,1-2H3,(H,18,19)/t16-/m1/s1. The predicted octanol–water partition coefficient (Wildman–Crippen LogP) is 4.40. The largest absolute Gasteiger partial charge is 0.479 e. The van der Waals surface area contributed by atoms with Gasteiger partial charge in [-0.05, 0) is 19.3 Å². The summed E-state index contributed by atoms with van der Waals surface area (Å²) < 4.78 is 4.86. The van der Waals surface area contributed by atoms with Crippen LogP contribution in [0.1, 0.15) is 77.6 Å². The van der Waals surface area contributed by atoms with Crippen LogP contribution in [0.15, 0.2) is 0 Å². The van der Waals surface area contributed by atoms with Gasteiger partial charge in [0.15, 0.2) is 6.10 Å². The van der Waals surface area contributed by atoms with Crippen LogP contribution in [0.25, 0.3) is 0 Å². The first-order chi connectivity index (χ1) is 9.72. The molecule has 0 aliphatic carbocycles. The summed E-state index contributed by atoms with van der Waals surface area (Å²) in [7, 11) is 1.44. The van der Waals surface area contributed by atoms with Crippen LogP contribution in [0.5, 0.6) is 0 Å². The van der Waals surface area contributed by atoms with Crippen LogP contribution in [0.4, 0.5) is 0 Å². The fraction of sp³-hybridized carbons (Fsp3) is 0.824. The first-order valence-corrected chi connectivity index (χ1v) is 7.93. The minimum atomic E-state index is -0.886. The molecule has 0 radical (unpaired) electrons. The Morgan fingerprint density at radius 3 is 2.10 bits per heavy atom. The molecule has 116 valence electrons. The molecule has 0 aromatic carbocycles. The Labute approximate surface area is 124 Å². The van der Waals surface area contributed by atoms with Crippen LogP contribution in [0.3, 0.4) is 0 Å². The maximum absolute atomic E-state index is 10.7. The highest BCUT2D eigenvalue weighted by molar-refractivity contribution is 5.72. The van der Waals surface area contributed by atoms with Gasteiger partial charge >= 0.3 is 5.97 Å². The fourth-order valence-corrected chi connectivity index (χ4v) is 2.07. The number of rotatable bonds is 12. The molecule has 0 unspecified atom stereocenters. The molecule has 0 aliphatic heterocycles. The quantitative estimate of drug-likeness (QED) is 0.426. The second kappa shape index (κ2) is 14.4. The highest BCUT2D eigenvalue weighted by Crippen LogP contribution is 2.08. The van der Waals surface area contributed by atoms with E-state index in [9.17, 15) is 4.79 Å². The lowest BCUT2D eigenvalue weighted by molar-refractivity contribution is -0.148. The van der Waals surface area contributed by atoms with E-state index in [1.165, 1.54) is 52.1 Å². The van der Waals surface area contributed by atoms with Gasteiger partial charge in [0.05, 0.1) is 0 Å². The molecule has 0 aromatic heterocycles. The number of carboxylic acid groups (broad SMARTS) is 1. The Morgan fingerprint density at radius 2 is 1.55 bits per heavy atom. The second-order valence-electron chi connectivity index (χ2n) is 5.18. The third kappa shape index (κ3) is 12.0. The third-order valence-electron chi connectivity index (χ3n) is 3.36. The number of hydrogen-bond acceptors (Lipinski definition) is 2. The summed E-state index contributed by atoms with van der Waals surface area (Å²) in [5.74, 6) is 5.40. The molecule has 0 amide bonds. The molecule has 0 spiro atoms. The average Bonchev–Trinajstić information content (AvgIpc) is 2.43. The lowest BCUT2D eigenvalue weighted by Gasteiger charge is -2.07. The number of methoxy groups -OCH3 is 1. The monoisotopic (exact) mass is 282 g/mol. The van der Waals surface area contributed by atoms with E-state index in [-0.39, 0.29) is 0 Å². The number of aliphatic carboxylic acids is 1. The topological polar surface area (TPSA) is 46.5 Å². The summed E-state index contributed by atoms with van der Waals surface area (Å²) in [6.45, 7) is 2.24. The molecule has 20 heavy (non-hydrogen) atoms. The molecule has 0 rings (SSSR count). The lowest BCUT2D eigenvalue weighted by atomic mass is 10.1. The Balaban J connectivity index is 3.35. The van der Waals surface area contributed by atoms with Gasteiger partial charge in [-0.3, -0.25) is 0 Å². The van der Waals surface area contributed by atoms with Crippen molar-refractivity contribution in [3.63, 3.8) is 0 Å². The van der Waals surface area contributed by atoms with Crippen LogP contribution in [-0.4, -0.2) is 24.3 Å². The molecule has 1 atom stereocenters. The van der Waals surface area contributed by atoms with Crippen molar-refractivity contribution in [3.05, 3.63) is 0 Å². The molecule has 0 saturated carbocycles. The van der Waals surface area contributed by atoms with Crippen molar-refractivity contribution in [2.24, 2.45) is 0 Å². The van der Waals surface area contributed by atoms with E-state index in [0.717, 1.165) is 19.3 Å². The zero-order chi connectivity index (χ0) is 15.1. The third-order valence-corrected chi connectivity index (χ3v) is 3.36. The van der Waals surface area contributed by atoms with Gasteiger partial charge in [-0.25, -0.2) is 4.79 Å². The summed E-state index contributed by atoms with van der Waals surface area (Å²) in [6.07, 6.45) is 11.6. The maximum Gasteiger partial charge on any atom is 0.332 e. The zero-order valence-electron chi connectivity index (χ0n) is 13.1. The summed E-state index contributed by atoms with van der Waals surface area (Å²) in [4.78, 5) is 10.7. The van der Waals surface area contributed by atoms with E-state index >= 15 is 0 Å². The highest BCUT2D eigenvalue weighted by Gasteiger charge is 2.14. The summed E-state index contributed by atoms with van der Waals surface area (Å²) in [5, 5.41) is 8.79. The van der Waals surface area contributed by atoms with Crippen molar-refractivity contribution in [2.75, 3.05) is 7.11 Å². The van der Waals surface area contributed by atoms with Crippen molar-refractivity contribution >= 4 is 5.97 Å². The molecule has 0 aliphatic rings. The number of carboxylic acids is 1. The van der Waals surface area contributed by atoms with Crippen molar-refractivity contribution in [3.8, 4) is 11.8 Å². The van der Waals surface area contributed by atoms with E-state index in [1.54, 1.807) is 0 Å². The van der Waals surface area contributed by atoms with E-state index in [2.05, 4.69) is 18.8 Å². The first kappa shape index (κ1) is 19.0. The van der Waals surface area contributed by atoms with Crippen LogP contribution >= 0.6 is 0 Å². The van der Waals surface area contributed by atoms with Gasteiger partial charge in [0.2, 0.25) is 0 Å². The SMILES string of the molecule is CCCCCCCCCC#CCCC[C@@H](OC)C(=O)O. The predicted molar refractivity (Wildman–Crippen MR) is 82.7 cm³/mol. The van der Waals surface area contributed by atoms with E-state index in [1.807, 2.05) is 0 Å². The molecule has 0 saturated heterocycles. The van der Waals surface area contributed by atoms with Crippen LogP contribution in [0, 0.1) is 11.8 Å². The zero-order valence-corrected chi connectivity index (χ0v) is 13.1. The van der Waals surface area contributed by atoms with Gasteiger partial charge in [-0.1, -0.05) is 45.4 Å². The smallest absolute Gasteiger partial charge is 0.332 e. The van der Waals surface area contributed by atoms with Gasteiger partial charge in [0, 0.05) is 20.0 Å². The van der Waals surface area contributed by atoms with E-state index in [4.69, 9.17) is 9.84 Å². The average molecular weight is 282 g/mol. The Morgan fingerprint density at radius 1 is 1.00 bits per heavy atom. The van der Waals surface area contributed by atoms with E-state index in [0.29, 0.717) is 6.42 Å². The molecule has 3 heteroatoms. The van der Waals surface area contributed by atoms with Crippen molar-refractivity contribution in [2.45, 2.75) is 83.7 Å². The Bertz CT molecular complexity index is 288. The molecule has 1 N–H and O–H groups in total. The minimum Gasteiger partial charge on any atom is -0.479 e. The Kier molecular flexibility index (Phi) is 13.7. The summed E-state index contributed by atoms with van der Waals surface area (Å²) in [5.41, 5.74) is 0. The minimum absolute atomic E-state index is 0.540. The van der Waals surface area contributed by atoms with Crippen LogP contribution < -0.4 is 0 Å². The molecule has 0 fully saturated rings. The number of ether oxygens (including phenoxy) is 1. The van der Waals surface area contributed by atoms with Gasteiger partial charge < -0.3 is 9.84 Å². The van der Waals surface area contributed by atoms with Crippen LogP contribution in [0.2, 0.25) is 0 Å². The van der Waals surface area contributed by atoms with Gasteiger partial charge in [-0.15, -0.1) is 11.8 Å². The second-order valence-corrected chi connectivity index (χ2v) is 5.18. The van der Waals surface area contributed by atoms with Gasteiger partial charge in [0.25, 0.3) is 0 Å². The number of carbonyl (C=O) groups is 1. The molecule has 0 bridgehead atoms. The van der Waals surface area contributed by atoms with Crippen LogP contribution in [-0.2, 0) is 9.53 Å². The Hall–Kier alpha value is -1.01. The van der Waals surface area contributed by atoms with Crippen molar-refractivity contribution < 1.29 is 14.6 Å². The summed E-state index contributed by atoms with van der Waals surface area (Å²) in [6, 6.07) is 0.